The number of nitrogens with zero attached hydrogens (tertiary/aromatic N) is 2. The highest BCUT2D eigenvalue weighted by atomic mass is 79.9. The minimum atomic E-state index is 0.766. The third-order valence-electron chi connectivity index (χ3n) is 4.28. The first-order valence-electron chi connectivity index (χ1n) is 7.68. The lowest BCUT2D eigenvalue weighted by atomic mass is 10.2. The maximum atomic E-state index is 3.74. The minimum Gasteiger partial charge on any atom is -0.370 e. The number of anilines is 1. The van der Waals surface area contributed by atoms with Gasteiger partial charge in [-0.25, -0.2) is 0 Å². The highest BCUT2D eigenvalue weighted by molar-refractivity contribution is 9.10. The summed E-state index contributed by atoms with van der Waals surface area (Å²) in [5.41, 5.74) is 2.72. The van der Waals surface area contributed by atoms with Gasteiger partial charge in [0.1, 0.15) is 0 Å². The zero-order chi connectivity index (χ0) is 13.9. The zero-order valence-corrected chi connectivity index (χ0v) is 13.8. The van der Waals surface area contributed by atoms with Gasteiger partial charge in [-0.15, -0.1) is 0 Å². The van der Waals surface area contributed by atoms with Gasteiger partial charge in [-0.2, -0.15) is 0 Å². The Hall–Kier alpha value is -0.580. The van der Waals surface area contributed by atoms with E-state index in [2.05, 4.69) is 56.3 Å². The number of nitrogens with one attached hydrogen (secondary N) is 1. The molecule has 0 radical (unpaired) electrons. The van der Waals surface area contributed by atoms with Gasteiger partial charge in [0.05, 0.1) is 0 Å². The lowest BCUT2D eigenvalue weighted by molar-refractivity contribution is 0.360. The van der Waals surface area contributed by atoms with Crippen molar-refractivity contribution < 1.29 is 0 Å². The van der Waals surface area contributed by atoms with Crippen molar-refractivity contribution >= 4 is 21.6 Å². The largest absolute Gasteiger partial charge is 0.370 e. The predicted octanol–water partition coefficient (Wildman–Crippen LogP) is 2.84. The van der Waals surface area contributed by atoms with Crippen LogP contribution in [-0.4, -0.2) is 44.2 Å². The lowest BCUT2D eigenvalue weighted by Crippen LogP contribution is -2.28. The van der Waals surface area contributed by atoms with Gasteiger partial charge in [0, 0.05) is 42.4 Å². The smallest absolute Gasteiger partial charge is 0.0378 e. The third kappa shape index (κ3) is 3.74. The first-order valence-corrected chi connectivity index (χ1v) is 8.47. The van der Waals surface area contributed by atoms with E-state index in [9.17, 15) is 0 Å². The summed E-state index contributed by atoms with van der Waals surface area (Å²) in [4.78, 5) is 4.93. The van der Waals surface area contributed by atoms with Gasteiger partial charge in [-0.3, -0.25) is 0 Å². The van der Waals surface area contributed by atoms with E-state index in [0.29, 0.717) is 0 Å². The maximum absolute atomic E-state index is 3.74. The van der Waals surface area contributed by atoms with E-state index in [1.54, 1.807) is 0 Å². The topological polar surface area (TPSA) is 18.5 Å². The Bertz CT molecular complexity index is 459. The van der Waals surface area contributed by atoms with Crippen molar-refractivity contribution in [2.24, 2.45) is 0 Å². The summed E-state index contributed by atoms with van der Waals surface area (Å²) in [6.45, 7) is 5.64. The third-order valence-corrected chi connectivity index (χ3v) is 5.02. The quantitative estimate of drug-likeness (QED) is 0.911. The van der Waals surface area contributed by atoms with Crippen LogP contribution in [0.25, 0.3) is 0 Å². The van der Waals surface area contributed by atoms with Gasteiger partial charge >= 0.3 is 0 Å². The molecule has 0 bridgehead atoms. The molecule has 0 atom stereocenters. The van der Waals surface area contributed by atoms with Crippen LogP contribution in [0.4, 0.5) is 5.69 Å². The normalized spacial score (nSPS) is 21.0. The van der Waals surface area contributed by atoms with Crippen LogP contribution in [-0.2, 0) is 6.54 Å². The number of likely N-dealkylation sites (N-methyl/N-ethyl adjacent to an activating group) is 1. The molecule has 1 aromatic carbocycles. The second kappa shape index (κ2) is 6.46. The van der Waals surface area contributed by atoms with Crippen LogP contribution in [0, 0.1) is 0 Å². The summed E-state index contributed by atoms with van der Waals surface area (Å²) in [6, 6.07) is 7.60. The van der Waals surface area contributed by atoms with E-state index in [1.165, 1.54) is 41.5 Å². The molecule has 2 fully saturated rings. The first kappa shape index (κ1) is 14.4. The Morgan fingerprint density at radius 1 is 1.20 bits per heavy atom. The van der Waals surface area contributed by atoms with Crippen LogP contribution in [0.5, 0.6) is 0 Å². The Morgan fingerprint density at radius 2 is 2.05 bits per heavy atom. The SMILES string of the molecule is CN1CCCN(c2ccc(CNC3CC3)c(Br)c2)CC1. The molecule has 1 heterocycles. The van der Waals surface area contributed by atoms with Crippen molar-refractivity contribution in [1.82, 2.24) is 10.2 Å². The fraction of sp³-hybridized carbons (Fsp3) is 0.625. The van der Waals surface area contributed by atoms with Crippen LogP contribution in [0.15, 0.2) is 22.7 Å². The van der Waals surface area contributed by atoms with E-state index < -0.39 is 0 Å². The van der Waals surface area contributed by atoms with Crippen LogP contribution in [0.1, 0.15) is 24.8 Å². The van der Waals surface area contributed by atoms with Crippen molar-refractivity contribution in [2.75, 3.05) is 38.1 Å². The summed E-state index contributed by atoms with van der Waals surface area (Å²) < 4.78 is 1.24. The number of rotatable bonds is 4. The number of hydrogen-bond acceptors (Lipinski definition) is 3. The number of hydrogen-bond donors (Lipinski definition) is 1. The van der Waals surface area contributed by atoms with Gasteiger partial charge in [0.15, 0.2) is 0 Å². The van der Waals surface area contributed by atoms with E-state index in [4.69, 9.17) is 0 Å². The molecule has 1 saturated heterocycles. The van der Waals surface area contributed by atoms with Gasteiger partial charge in [0.2, 0.25) is 0 Å². The Balaban J connectivity index is 1.65. The molecule has 1 N–H and O–H groups in total. The predicted molar refractivity (Wildman–Crippen MR) is 88.3 cm³/mol. The Labute approximate surface area is 130 Å². The van der Waals surface area contributed by atoms with E-state index in [-0.39, 0.29) is 0 Å². The molecule has 0 spiro atoms. The van der Waals surface area contributed by atoms with Gasteiger partial charge < -0.3 is 15.1 Å². The second-order valence-electron chi connectivity index (χ2n) is 6.07. The van der Waals surface area contributed by atoms with Crippen molar-refractivity contribution in [3.05, 3.63) is 28.2 Å². The van der Waals surface area contributed by atoms with Crippen LogP contribution in [0.2, 0.25) is 0 Å². The first-order chi connectivity index (χ1) is 9.72. The molecule has 1 aromatic rings. The molecule has 0 amide bonds. The molecule has 110 valence electrons. The highest BCUT2D eigenvalue weighted by Gasteiger charge is 2.20. The number of halogens is 1. The maximum Gasteiger partial charge on any atom is 0.0378 e. The molecule has 20 heavy (non-hydrogen) atoms. The number of benzene rings is 1. The molecule has 3 rings (SSSR count). The summed E-state index contributed by atoms with van der Waals surface area (Å²) in [5, 5.41) is 3.58. The summed E-state index contributed by atoms with van der Waals surface area (Å²) in [7, 11) is 2.21. The lowest BCUT2D eigenvalue weighted by Gasteiger charge is -2.23. The zero-order valence-electron chi connectivity index (χ0n) is 12.2. The standard InChI is InChI=1S/C16H24BrN3/c1-19-7-2-8-20(10-9-19)15-6-3-13(16(17)11-15)12-18-14-4-5-14/h3,6,11,14,18H,2,4-5,7-10,12H2,1H3. The van der Waals surface area contributed by atoms with Gasteiger partial charge in [-0.05, 0) is 50.6 Å². The molecule has 3 nitrogen and oxygen atoms in total. The fourth-order valence-electron chi connectivity index (χ4n) is 2.72. The van der Waals surface area contributed by atoms with Crippen molar-refractivity contribution in [1.29, 1.82) is 0 Å². The molecule has 2 aliphatic rings. The van der Waals surface area contributed by atoms with Gasteiger partial charge in [-0.1, -0.05) is 22.0 Å². The van der Waals surface area contributed by atoms with Crippen molar-refractivity contribution in [2.45, 2.75) is 31.8 Å². The average Bonchev–Trinajstić information content (AvgIpc) is 3.25. The molecular weight excluding hydrogens is 314 g/mol. The molecule has 0 unspecified atom stereocenters. The van der Waals surface area contributed by atoms with E-state index in [0.717, 1.165) is 32.2 Å². The molecule has 1 saturated carbocycles. The average molecular weight is 338 g/mol. The van der Waals surface area contributed by atoms with Crippen LogP contribution in [0.3, 0.4) is 0 Å². The fourth-order valence-corrected chi connectivity index (χ4v) is 3.23. The highest BCUT2D eigenvalue weighted by Crippen LogP contribution is 2.26. The molecule has 0 aromatic heterocycles. The second-order valence-corrected chi connectivity index (χ2v) is 6.93. The molecule has 1 aliphatic carbocycles. The monoisotopic (exact) mass is 337 g/mol. The van der Waals surface area contributed by atoms with Crippen LogP contribution >= 0.6 is 15.9 Å². The van der Waals surface area contributed by atoms with Crippen molar-refractivity contribution in [3.63, 3.8) is 0 Å². The molecule has 4 heteroatoms. The van der Waals surface area contributed by atoms with E-state index in [1.807, 2.05) is 0 Å². The summed E-state index contributed by atoms with van der Waals surface area (Å²) in [6.07, 6.45) is 3.94. The van der Waals surface area contributed by atoms with Gasteiger partial charge in [0.25, 0.3) is 0 Å². The molecule has 1 aliphatic heterocycles. The van der Waals surface area contributed by atoms with Crippen LogP contribution < -0.4 is 10.2 Å². The summed E-state index contributed by atoms with van der Waals surface area (Å²) >= 11 is 3.74. The Kier molecular flexibility index (Phi) is 4.64. The molecular formula is C16H24BrN3. The Morgan fingerprint density at radius 3 is 2.80 bits per heavy atom. The van der Waals surface area contributed by atoms with Crippen molar-refractivity contribution in [3.8, 4) is 0 Å². The summed E-state index contributed by atoms with van der Waals surface area (Å²) in [5.74, 6) is 0. The minimum absolute atomic E-state index is 0.766. The van der Waals surface area contributed by atoms with E-state index >= 15 is 0 Å².